The average Bonchev–Trinajstić information content (AvgIpc) is 3.30. The number of methoxy groups -OCH3 is 1. The van der Waals surface area contributed by atoms with E-state index in [1.165, 1.54) is 11.2 Å². The number of nitrogens with zero attached hydrogens (tertiary/aromatic N) is 1. The van der Waals surface area contributed by atoms with Crippen LogP contribution in [0.15, 0.2) is 47.1 Å². The molecule has 1 aliphatic rings. The third kappa shape index (κ3) is 5.60. The lowest BCUT2D eigenvalue weighted by atomic mass is 9.64. The van der Waals surface area contributed by atoms with Crippen molar-refractivity contribution in [2.24, 2.45) is 11.3 Å². The highest BCUT2D eigenvalue weighted by Crippen LogP contribution is 2.47. The number of rotatable bonds is 8. The van der Waals surface area contributed by atoms with E-state index in [9.17, 15) is 9.59 Å². The second-order valence-electron chi connectivity index (χ2n) is 9.66. The third-order valence-electron chi connectivity index (χ3n) is 6.71. The van der Waals surface area contributed by atoms with Gasteiger partial charge in [-0.25, -0.2) is 0 Å². The summed E-state index contributed by atoms with van der Waals surface area (Å²) in [5.74, 6) is 0.699. The predicted octanol–water partition coefficient (Wildman–Crippen LogP) is 5.47. The molecule has 1 atom stereocenters. The van der Waals surface area contributed by atoms with E-state index in [0.29, 0.717) is 18.9 Å². The molecule has 2 heterocycles. The summed E-state index contributed by atoms with van der Waals surface area (Å²) in [5.41, 5.74) is 0.653. The molecule has 1 aromatic heterocycles. The minimum absolute atomic E-state index is 0.0108. The van der Waals surface area contributed by atoms with E-state index in [-0.39, 0.29) is 29.2 Å². The van der Waals surface area contributed by atoms with Gasteiger partial charge in [-0.05, 0) is 74.3 Å². The first-order valence-corrected chi connectivity index (χ1v) is 11.3. The molecule has 0 aliphatic carbocycles. The summed E-state index contributed by atoms with van der Waals surface area (Å²) in [7, 11) is 1.60. The van der Waals surface area contributed by atoms with E-state index in [2.05, 4.69) is 27.7 Å². The van der Waals surface area contributed by atoms with Crippen LogP contribution in [0.2, 0.25) is 0 Å². The average molecular weight is 442 g/mol. The van der Waals surface area contributed by atoms with Crippen molar-refractivity contribution in [3.63, 3.8) is 0 Å². The Kier molecular flexibility index (Phi) is 7.44. The van der Waals surface area contributed by atoms with Crippen LogP contribution in [0.25, 0.3) is 0 Å². The summed E-state index contributed by atoms with van der Waals surface area (Å²) >= 11 is 0. The minimum atomic E-state index is -0.415. The number of hydrogen-bond acceptors (Lipinski definition) is 5. The molecule has 0 bridgehead atoms. The molecule has 174 valence electrons. The SMILES string of the molecule is COc1ccc(CN(C(=O)CC[C@@]2(C(C)C)CCOC(C)(C)C2)C(=O)c2ccco2)cc1. The molecule has 3 rings (SSSR count). The second kappa shape index (κ2) is 9.90. The number of furan rings is 1. The molecule has 6 heteroatoms. The summed E-state index contributed by atoms with van der Waals surface area (Å²) in [4.78, 5) is 27.8. The second-order valence-corrected chi connectivity index (χ2v) is 9.66. The van der Waals surface area contributed by atoms with Gasteiger partial charge in [-0.1, -0.05) is 26.0 Å². The van der Waals surface area contributed by atoms with Gasteiger partial charge in [0.25, 0.3) is 5.91 Å². The molecule has 0 unspecified atom stereocenters. The molecule has 0 N–H and O–H groups in total. The molecule has 32 heavy (non-hydrogen) atoms. The highest BCUT2D eigenvalue weighted by atomic mass is 16.5. The zero-order valence-corrected chi connectivity index (χ0v) is 19.8. The molecule has 0 radical (unpaired) electrons. The van der Waals surface area contributed by atoms with Crippen molar-refractivity contribution in [3.8, 4) is 5.75 Å². The van der Waals surface area contributed by atoms with Crippen LogP contribution < -0.4 is 4.74 Å². The molecule has 1 fully saturated rings. The summed E-state index contributed by atoms with van der Waals surface area (Å²) < 4.78 is 16.4. The molecule has 1 saturated heterocycles. The summed E-state index contributed by atoms with van der Waals surface area (Å²) in [6.45, 7) is 9.54. The lowest BCUT2D eigenvalue weighted by Crippen LogP contribution is -2.45. The molecular formula is C26H35NO5. The van der Waals surface area contributed by atoms with Crippen LogP contribution in [0, 0.1) is 11.3 Å². The molecule has 0 saturated carbocycles. The lowest BCUT2D eigenvalue weighted by Gasteiger charge is -2.48. The van der Waals surface area contributed by atoms with Crippen LogP contribution in [0.5, 0.6) is 5.75 Å². The smallest absolute Gasteiger partial charge is 0.296 e. The van der Waals surface area contributed by atoms with Crippen molar-refractivity contribution >= 4 is 11.8 Å². The van der Waals surface area contributed by atoms with E-state index < -0.39 is 5.91 Å². The summed E-state index contributed by atoms with van der Waals surface area (Å²) in [5, 5.41) is 0. The first-order valence-electron chi connectivity index (χ1n) is 11.3. The van der Waals surface area contributed by atoms with Crippen molar-refractivity contribution in [3.05, 3.63) is 54.0 Å². The van der Waals surface area contributed by atoms with Crippen LogP contribution in [0.1, 0.15) is 69.5 Å². The van der Waals surface area contributed by atoms with Gasteiger partial charge >= 0.3 is 0 Å². The number of hydrogen-bond donors (Lipinski definition) is 0. The third-order valence-corrected chi connectivity index (χ3v) is 6.71. The van der Waals surface area contributed by atoms with Gasteiger partial charge in [-0.2, -0.15) is 0 Å². The van der Waals surface area contributed by atoms with Gasteiger partial charge in [0.1, 0.15) is 5.75 Å². The number of carbonyl (C=O) groups is 2. The number of benzene rings is 1. The number of ether oxygens (including phenoxy) is 2. The van der Waals surface area contributed by atoms with E-state index in [4.69, 9.17) is 13.9 Å². The highest BCUT2D eigenvalue weighted by Gasteiger charge is 2.43. The standard InChI is InChI=1S/C26H35NO5/c1-19(2)26(14-16-32-25(3,4)18-26)13-12-23(28)27(24(29)22-7-6-15-31-22)17-20-8-10-21(30-5)11-9-20/h6-11,15,19H,12-14,16-18H2,1-5H3/t26-/m1/s1. The Hall–Kier alpha value is -2.60. The van der Waals surface area contributed by atoms with E-state index in [0.717, 1.165) is 30.6 Å². The van der Waals surface area contributed by atoms with Gasteiger partial charge in [-0.15, -0.1) is 0 Å². The van der Waals surface area contributed by atoms with Crippen molar-refractivity contribution in [1.82, 2.24) is 4.90 Å². The Balaban J connectivity index is 1.78. The zero-order valence-electron chi connectivity index (χ0n) is 19.8. The van der Waals surface area contributed by atoms with Crippen LogP contribution in [-0.2, 0) is 16.1 Å². The number of carbonyl (C=O) groups excluding carboxylic acids is 2. The van der Waals surface area contributed by atoms with Gasteiger partial charge < -0.3 is 13.9 Å². The summed E-state index contributed by atoms with van der Waals surface area (Å²) in [6, 6.07) is 10.6. The van der Waals surface area contributed by atoms with E-state index in [1.807, 2.05) is 24.3 Å². The maximum absolute atomic E-state index is 13.4. The van der Waals surface area contributed by atoms with Gasteiger partial charge in [-0.3, -0.25) is 14.5 Å². The fraction of sp³-hybridized carbons (Fsp3) is 0.538. The van der Waals surface area contributed by atoms with Crippen molar-refractivity contribution in [2.75, 3.05) is 13.7 Å². The van der Waals surface area contributed by atoms with Gasteiger partial charge in [0, 0.05) is 13.0 Å². The normalized spacial score (nSPS) is 20.2. The fourth-order valence-electron chi connectivity index (χ4n) is 4.72. The van der Waals surface area contributed by atoms with Crippen molar-refractivity contribution < 1.29 is 23.5 Å². The fourth-order valence-corrected chi connectivity index (χ4v) is 4.72. The molecule has 2 amide bonds. The molecule has 2 aromatic rings. The van der Waals surface area contributed by atoms with Gasteiger partial charge in [0.2, 0.25) is 5.91 Å². The van der Waals surface area contributed by atoms with Gasteiger partial charge in [0.15, 0.2) is 5.76 Å². The minimum Gasteiger partial charge on any atom is -0.497 e. The van der Waals surface area contributed by atoms with E-state index >= 15 is 0 Å². The topological polar surface area (TPSA) is 69.0 Å². The molecule has 1 aromatic carbocycles. The van der Waals surface area contributed by atoms with Crippen molar-refractivity contribution in [2.45, 2.75) is 65.5 Å². The summed E-state index contributed by atoms with van der Waals surface area (Å²) in [6.07, 6.45) is 4.29. The van der Waals surface area contributed by atoms with Crippen molar-refractivity contribution in [1.29, 1.82) is 0 Å². The Morgan fingerprint density at radius 3 is 2.44 bits per heavy atom. The Morgan fingerprint density at radius 1 is 1.16 bits per heavy atom. The monoisotopic (exact) mass is 441 g/mol. The maximum atomic E-state index is 13.4. The Bertz CT molecular complexity index is 901. The maximum Gasteiger partial charge on any atom is 0.296 e. The Labute approximate surface area is 190 Å². The van der Waals surface area contributed by atoms with Crippen LogP contribution in [0.3, 0.4) is 0 Å². The quantitative estimate of drug-likeness (QED) is 0.543. The zero-order chi connectivity index (χ0) is 23.4. The molecule has 1 aliphatic heterocycles. The first kappa shape index (κ1) is 24.1. The number of amides is 2. The first-order chi connectivity index (χ1) is 15.2. The molecule has 6 nitrogen and oxygen atoms in total. The Morgan fingerprint density at radius 2 is 1.88 bits per heavy atom. The number of imide groups is 1. The van der Waals surface area contributed by atoms with Gasteiger partial charge in [0.05, 0.1) is 25.5 Å². The highest BCUT2D eigenvalue weighted by molar-refractivity contribution is 6.03. The van der Waals surface area contributed by atoms with Crippen LogP contribution in [0.4, 0.5) is 0 Å². The predicted molar refractivity (Wildman–Crippen MR) is 122 cm³/mol. The van der Waals surface area contributed by atoms with Crippen LogP contribution >= 0.6 is 0 Å². The largest absolute Gasteiger partial charge is 0.497 e. The van der Waals surface area contributed by atoms with Crippen LogP contribution in [-0.4, -0.2) is 36.0 Å². The molecule has 0 spiro atoms. The lowest BCUT2D eigenvalue weighted by molar-refractivity contribution is -0.136. The molecular weight excluding hydrogens is 406 g/mol. The van der Waals surface area contributed by atoms with E-state index in [1.54, 1.807) is 19.2 Å².